The van der Waals surface area contributed by atoms with Gasteiger partial charge in [-0.3, -0.25) is 9.59 Å². The number of anilines is 1. The van der Waals surface area contributed by atoms with Crippen LogP contribution in [0, 0.1) is 12.8 Å². The molecule has 1 atom stereocenters. The highest BCUT2D eigenvalue weighted by Crippen LogP contribution is 2.19. The van der Waals surface area contributed by atoms with Crippen molar-refractivity contribution in [2.75, 3.05) is 5.32 Å². The van der Waals surface area contributed by atoms with E-state index < -0.39 is 17.9 Å². The van der Waals surface area contributed by atoms with E-state index in [-0.39, 0.29) is 11.8 Å². The Morgan fingerprint density at radius 3 is 2.29 bits per heavy atom. The summed E-state index contributed by atoms with van der Waals surface area (Å²) in [6, 6.07) is 3.96. The summed E-state index contributed by atoms with van der Waals surface area (Å²) in [5.41, 5.74) is 1.47. The lowest BCUT2D eigenvalue weighted by Gasteiger charge is -2.19. The smallest absolute Gasteiger partial charge is 0.326 e. The zero-order valence-corrected chi connectivity index (χ0v) is 12.6. The zero-order chi connectivity index (χ0) is 16.2. The molecule has 6 nitrogen and oxygen atoms in total. The molecule has 0 saturated carbocycles. The van der Waals surface area contributed by atoms with E-state index in [1.165, 1.54) is 6.92 Å². The monoisotopic (exact) mass is 292 g/mol. The van der Waals surface area contributed by atoms with Gasteiger partial charge in [0.05, 0.1) is 0 Å². The Bertz CT molecular complexity index is 567. The summed E-state index contributed by atoms with van der Waals surface area (Å²) in [6.45, 7) is 6.52. The van der Waals surface area contributed by atoms with Crippen LogP contribution in [-0.4, -0.2) is 28.9 Å². The molecule has 0 aliphatic rings. The maximum absolute atomic E-state index is 12.2. The molecule has 0 spiro atoms. The number of carboxylic acids is 1. The minimum atomic E-state index is -1.07. The Hall–Kier alpha value is -2.37. The number of benzene rings is 1. The predicted molar refractivity (Wildman–Crippen MR) is 79.2 cm³/mol. The molecular weight excluding hydrogens is 272 g/mol. The first-order valence-electron chi connectivity index (χ1n) is 6.65. The average molecular weight is 292 g/mol. The van der Waals surface area contributed by atoms with Crippen molar-refractivity contribution in [1.82, 2.24) is 5.32 Å². The van der Waals surface area contributed by atoms with Crippen LogP contribution >= 0.6 is 0 Å². The minimum Gasteiger partial charge on any atom is -0.480 e. The van der Waals surface area contributed by atoms with Crippen LogP contribution in [0.1, 0.15) is 36.7 Å². The maximum Gasteiger partial charge on any atom is 0.326 e. The first-order valence-corrected chi connectivity index (χ1v) is 6.65. The van der Waals surface area contributed by atoms with Crippen molar-refractivity contribution in [3.05, 3.63) is 29.3 Å². The van der Waals surface area contributed by atoms with Crippen LogP contribution in [0.25, 0.3) is 0 Å². The van der Waals surface area contributed by atoms with Gasteiger partial charge in [0.25, 0.3) is 5.91 Å². The molecule has 1 aromatic rings. The van der Waals surface area contributed by atoms with Crippen molar-refractivity contribution >= 4 is 23.5 Å². The molecule has 0 aromatic heterocycles. The molecule has 0 heterocycles. The Kier molecular flexibility index (Phi) is 5.46. The molecule has 0 fully saturated rings. The SMILES string of the molecule is CC(=O)Nc1cccc(C(=O)N[C@@H](C(=O)O)C(C)C)c1C. The number of aliphatic carboxylic acids is 1. The topological polar surface area (TPSA) is 95.5 Å². The largest absolute Gasteiger partial charge is 0.480 e. The van der Waals surface area contributed by atoms with Crippen molar-refractivity contribution in [3.63, 3.8) is 0 Å². The number of carboxylic acid groups (broad SMARTS) is 1. The third kappa shape index (κ3) is 4.30. The Morgan fingerprint density at radius 1 is 1.19 bits per heavy atom. The summed E-state index contributed by atoms with van der Waals surface area (Å²) >= 11 is 0. The van der Waals surface area contributed by atoms with Crippen molar-refractivity contribution in [3.8, 4) is 0 Å². The molecule has 0 saturated heterocycles. The third-order valence-corrected chi connectivity index (χ3v) is 3.11. The highest BCUT2D eigenvalue weighted by Gasteiger charge is 2.24. The maximum atomic E-state index is 12.2. The second kappa shape index (κ2) is 6.88. The number of hydrogen-bond donors (Lipinski definition) is 3. The van der Waals surface area contributed by atoms with E-state index in [1.807, 2.05) is 0 Å². The summed E-state index contributed by atoms with van der Waals surface area (Å²) < 4.78 is 0. The normalized spacial score (nSPS) is 11.9. The van der Waals surface area contributed by atoms with E-state index in [2.05, 4.69) is 10.6 Å². The summed E-state index contributed by atoms with van der Waals surface area (Å²) in [5, 5.41) is 14.2. The van der Waals surface area contributed by atoms with Gasteiger partial charge in [-0.05, 0) is 30.5 Å². The van der Waals surface area contributed by atoms with Crippen molar-refractivity contribution in [1.29, 1.82) is 0 Å². The van der Waals surface area contributed by atoms with Crippen LogP contribution in [-0.2, 0) is 9.59 Å². The third-order valence-electron chi connectivity index (χ3n) is 3.11. The van der Waals surface area contributed by atoms with Gasteiger partial charge in [0.2, 0.25) is 5.91 Å². The first-order chi connectivity index (χ1) is 9.73. The van der Waals surface area contributed by atoms with Gasteiger partial charge in [-0.1, -0.05) is 19.9 Å². The molecule has 2 amide bonds. The second-order valence-corrected chi connectivity index (χ2v) is 5.19. The highest BCUT2D eigenvalue weighted by atomic mass is 16.4. The number of hydrogen-bond acceptors (Lipinski definition) is 3. The summed E-state index contributed by atoms with van der Waals surface area (Å²) in [6.07, 6.45) is 0. The Morgan fingerprint density at radius 2 is 1.81 bits per heavy atom. The van der Waals surface area contributed by atoms with Gasteiger partial charge < -0.3 is 15.7 Å². The number of carbonyl (C=O) groups excluding carboxylic acids is 2. The number of carbonyl (C=O) groups is 3. The molecule has 6 heteroatoms. The van der Waals surface area contributed by atoms with E-state index >= 15 is 0 Å². The average Bonchev–Trinajstić information content (AvgIpc) is 2.36. The van der Waals surface area contributed by atoms with Crippen LogP contribution < -0.4 is 10.6 Å². The lowest BCUT2D eigenvalue weighted by atomic mass is 10.0. The van der Waals surface area contributed by atoms with Gasteiger partial charge in [0.15, 0.2) is 0 Å². The van der Waals surface area contributed by atoms with Crippen LogP contribution in [0.4, 0.5) is 5.69 Å². The summed E-state index contributed by atoms with van der Waals surface area (Å²) in [4.78, 5) is 34.5. The fourth-order valence-corrected chi connectivity index (χ4v) is 1.94. The van der Waals surface area contributed by atoms with Gasteiger partial charge in [0.1, 0.15) is 6.04 Å². The fraction of sp³-hybridized carbons (Fsp3) is 0.400. The van der Waals surface area contributed by atoms with Gasteiger partial charge in [0, 0.05) is 18.2 Å². The van der Waals surface area contributed by atoms with Crippen LogP contribution in [0.2, 0.25) is 0 Å². The van der Waals surface area contributed by atoms with Crippen molar-refractivity contribution < 1.29 is 19.5 Å². The molecule has 21 heavy (non-hydrogen) atoms. The number of nitrogens with one attached hydrogen (secondary N) is 2. The second-order valence-electron chi connectivity index (χ2n) is 5.19. The molecule has 0 aliphatic carbocycles. The van der Waals surface area contributed by atoms with Crippen molar-refractivity contribution in [2.24, 2.45) is 5.92 Å². The Labute approximate surface area is 123 Å². The van der Waals surface area contributed by atoms with Gasteiger partial charge >= 0.3 is 5.97 Å². The van der Waals surface area contributed by atoms with Gasteiger partial charge in [-0.15, -0.1) is 0 Å². The summed E-state index contributed by atoms with van der Waals surface area (Å²) in [7, 11) is 0. The molecule has 1 aromatic carbocycles. The predicted octanol–water partition coefficient (Wildman–Crippen LogP) is 1.79. The molecule has 1 rings (SSSR count). The minimum absolute atomic E-state index is 0.231. The lowest BCUT2D eigenvalue weighted by molar-refractivity contribution is -0.140. The standard InChI is InChI=1S/C15H20N2O4/c1-8(2)13(15(20)21)17-14(19)11-6-5-7-12(9(11)3)16-10(4)18/h5-8,13H,1-4H3,(H,16,18)(H,17,19)(H,20,21)/t13-/m1/s1. The van der Waals surface area contributed by atoms with Crippen LogP contribution in [0.5, 0.6) is 0 Å². The fourth-order valence-electron chi connectivity index (χ4n) is 1.94. The van der Waals surface area contributed by atoms with Crippen LogP contribution in [0.15, 0.2) is 18.2 Å². The molecular formula is C15H20N2O4. The van der Waals surface area contributed by atoms with E-state index in [1.54, 1.807) is 39.0 Å². The Balaban J connectivity index is 3.02. The zero-order valence-electron chi connectivity index (χ0n) is 12.6. The van der Waals surface area contributed by atoms with Crippen LogP contribution in [0.3, 0.4) is 0 Å². The van der Waals surface area contributed by atoms with Gasteiger partial charge in [-0.25, -0.2) is 4.79 Å². The van der Waals surface area contributed by atoms with Gasteiger partial charge in [-0.2, -0.15) is 0 Å². The quantitative estimate of drug-likeness (QED) is 0.771. The van der Waals surface area contributed by atoms with E-state index in [4.69, 9.17) is 5.11 Å². The molecule has 0 aliphatic heterocycles. The number of amides is 2. The van der Waals surface area contributed by atoms with Crippen molar-refractivity contribution in [2.45, 2.75) is 33.7 Å². The molecule has 114 valence electrons. The molecule has 3 N–H and O–H groups in total. The molecule has 0 radical (unpaired) electrons. The van der Waals surface area contributed by atoms with E-state index in [9.17, 15) is 14.4 Å². The summed E-state index contributed by atoms with van der Waals surface area (Å²) in [5.74, 6) is -2.01. The number of rotatable bonds is 5. The van der Waals surface area contributed by atoms with E-state index in [0.29, 0.717) is 16.8 Å². The first kappa shape index (κ1) is 16.7. The molecule has 0 unspecified atom stereocenters. The van der Waals surface area contributed by atoms with E-state index in [0.717, 1.165) is 0 Å². The molecule has 0 bridgehead atoms. The highest BCUT2D eigenvalue weighted by molar-refractivity contribution is 6.00. The lowest BCUT2D eigenvalue weighted by Crippen LogP contribution is -2.44.